The Bertz CT molecular complexity index is 384. The number of nitrogens with two attached hydrogens (primary N) is 1. The van der Waals surface area contributed by atoms with Crippen molar-refractivity contribution in [1.82, 2.24) is 0 Å². The van der Waals surface area contributed by atoms with Gasteiger partial charge in [-0.25, -0.2) is 0 Å². The van der Waals surface area contributed by atoms with Crippen LogP contribution in [0.1, 0.15) is 30.9 Å². The molecule has 88 valence electrons. The van der Waals surface area contributed by atoms with Crippen LogP contribution in [0.2, 0.25) is 0 Å². The lowest BCUT2D eigenvalue weighted by atomic mass is 10.0. The minimum absolute atomic E-state index is 0.347. The summed E-state index contributed by atoms with van der Waals surface area (Å²) in [4.78, 5) is 3.87. The quantitative estimate of drug-likeness (QED) is 0.626. The summed E-state index contributed by atoms with van der Waals surface area (Å²) < 4.78 is 5.68. The monoisotopic (exact) mass is 220 g/mol. The topological polar surface area (TPSA) is 47.6 Å². The Hall–Kier alpha value is -1.51. The summed E-state index contributed by atoms with van der Waals surface area (Å²) in [6, 6.07) is 6.24. The summed E-state index contributed by atoms with van der Waals surface area (Å²) >= 11 is 0. The normalized spacial score (nSPS) is 11.9. The van der Waals surface area contributed by atoms with Gasteiger partial charge in [-0.05, 0) is 30.0 Å². The number of hydrogen-bond acceptors (Lipinski definition) is 2. The van der Waals surface area contributed by atoms with Crippen molar-refractivity contribution >= 4 is 5.84 Å². The maximum Gasteiger partial charge on any atom is 0.145 e. The molecule has 1 aromatic carbocycles. The number of aryl methyl sites for hydroxylation is 1. The standard InChI is InChI=1S/C13H20N2O/c1-9(2)11-6-5-10(3)7-12(11)16-8-13(14)15-4/h5-7,9H,8H2,1-4H3,(H2,14,15). The molecule has 0 aliphatic heterocycles. The molecule has 0 unspecified atom stereocenters. The Balaban J connectivity index is 2.88. The van der Waals surface area contributed by atoms with Crippen LogP contribution in [0.3, 0.4) is 0 Å². The highest BCUT2D eigenvalue weighted by Gasteiger charge is 2.08. The largest absolute Gasteiger partial charge is 0.485 e. The lowest BCUT2D eigenvalue weighted by molar-refractivity contribution is 0.369. The van der Waals surface area contributed by atoms with Crippen LogP contribution in [0.5, 0.6) is 5.75 Å². The minimum atomic E-state index is 0.347. The highest BCUT2D eigenvalue weighted by atomic mass is 16.5. The second-order valence-electron chi connectivity index (χ2n) is 4.20. The fraction of sp³-hybridized carbons (Fsp3) is 0.462. The fourth-order valence-corrected chi connectivity index (χ4v) is 1.46. The van der Waals surface area contributed by atoms with E-state index in [0.29, 0.717) is 18.4 Å². The second-order valence-corrected chi connectivity index (χ2v) is 4.20. The molecule has 0 heterocycles. The summed E-state index contributed by atoms with van der Waals surface area (Å²) in [5.74, 6) is 1.85. The molecule has 2 N–H and O–H groups in total. The molecule has 0 saturated carbocycles. The maximum absolute atomic E-state index is 5.68. The van der Waals surface area contributed by atoms with Crippen molar-refractivity contribution in [1.29, 1.82) is 0 Å². The van der Waals surface area contributed by atoms with Gasteiger partial charge in [-0.1, -0.05) is 26.0 Å². The number of nitrogens with zero attached hydrogens (tertiary/aromatic N) is 1. The first-order valence-electron chi connectivity index (χ1n) is 5.49. The van der Waals surface area contributed by atoms with Crippen LogP contribution in [-0.4, -0.2) is 19.5 Å². The van der Waals surface area contributed by atoms with Crippen molar-refractivity contribution in [3.63, 3.8) is 0 Å². The second kappa shape index (κ2) is 5.54. The molecule has 0 amide bonds. The number of aliphatic imine (C=N–C) groups is 1. The molecule has 3 heteroatoms. The van der Waals surface area contributed by atoms with Crippen molar-refractivity contribution in [3.05, 3.63) is 29.3 Å². The predicted octanol–water partition coefficient (Wildman–Crippen LogP) is 2.48. The smallest absolute Gasteiger partial charge is 0.145 e. The third-order valence-corrected chi connectivity index (χ3v) is 2.45. The van der Waals surface area contributed by atoms with E-state index in [2.05, 4.69) is 31.0 Å². The molecule has 1 aromatic rings. The van der Waals surface area contributed by atoms with Crippen LogP contribution in [0.15, 0.2) is 23.2 Å². The van der Waals surface area contributed by atoms with Gasteiger partial charge >= 0.3 is 0 Å². The fourth-order valence-electron chi connectivity index (χ4n) is 1.46. The molecule has 0 atom stereocenters. The molecule has 16 heavy (non-hydrogen) atoms. The average molecular weight is 220 g/mol. The Morgan fingerprint density at radius 1 is 1.44 bits per heavy atom. The zero-order valence-electron chi connectivity index (χ0n) is 10.4. The molecule has 0 aliphatic rings. The van der Waals surface area contributed by atoms with E-state index in [1.54, 1.807) is 7.05 Å². The van der Waals surface area contributed by atoms with Crippen LogP contribution in [0.25, 0.3) is 0 Å². The number of amidine groups is 1. The van der Waals surface area contributed by atoms with Crippen LogP contribution >= 0.6 is 0 Å². The molecule has 0 fully saturated rings. The summed E-state index contributed by atoms with van der Waals surface area (Å²) in [7, 11) is 1.66. The number of benzene rings is 1. The van der Waals surface area contributed by atoms with E-state index in [0.717, 1.165) is 5.75 Å². The summed E-state index contributed by atoms with van der Waals surface area (Å²) in [5.41, 5.74) is 8.00. The van der Waals surface area contributed by atoms with Crippen molar-refractivity contribution < 1.29 is 4.74 Å². The molecule has 0 saturated heterocycles. The van der Waals surface area contributed by atoms with Gasteiger partial charge in [-0.15, -0.1) is 0 Å². The zero-order chi connectivity index (χ0) is 12.1. The molecule has 0 radical (unpaired) electrons. The van der Waals surface area contributed by atoms with Gasteiger partial charge in [-0.3, -0.25) is 4.99 Å². The molecule has 0 aromatic heterocycles. The number of ether oxygens (including phenoxy) is 1. The summed E-state index contributed by atoms with van der Waals surface area (Å²) in [6.45, 7) is 6.69. The van der Waals surface area contributed by atoms with Crippen LogP contribution in [0, 0.1) is 6.92 Å². The van der Waals surface area contributed by atoms with Crippen LogP contribution in [0.4, 0.5) is 0 Å². The lowest BCUT2D eigenvalue weighted by Crippen LogP contribution is -2.21. The van der Waals surface area contributed by atoms with Crippen molar-refractivity contribution in [2.24, 2.45) is 10.7 Å². The first-order valence-corrected chi connectivity index (χ1v) is 5.49. The van der Waals surface area contributed by atoms with E-state index >= 15 is 0 Å². The van der Waals surface area contributed by atoms with Gasteiger partial charge in [0.25, 0.3) is 0 Å². The Morgan fingerprint density at radius 2 is 2.12 bits per heavy atom. The van der Waals surface area contributed by atoms with Gasteiger partial charge in [0.15, 0.2) is 0 Å². The van der Waals surface area contributed by atoms with Gasteiger partial charge in [0.1, 0.15) is 18.2 Å². The van der Waals surface area contributed by atoms with Crippen LogP contribution < -0.4 is 10.5 Å². The van der Waals surface area contributed by atoms with Gasteiger partial charge in [0.05, 0.1) is 0 Å². The average Bonchev–Trinajstić information content (AvgIpc) is 2.25. The first kappa shape index (κ1) is 12.6. The highest BCUT2D eigenvalue weighted by Crippen LogP contribution is 2.27. The van der Waals surface area contributed by atoms with E-state index in [-0.39, 0.29) is 0 Å². The Labute approximate surface area is 97.3 Å². The van der Waals surface area contributed by atoms with Crippen LogP contribution in [-0.2, 0) is 0 Å². The van der Waals surface area contributed by atoms with E-state index in [4.69, 9.17) is 10.5 Å². The third kappa shape index (κ3) is 3.26. The molecule has 3 nitrogen and oxygen atoms in total. The molecule has 0 bridgehead atoms. The third-order valence-electron chi connectivity index (χ3n) is 2.45. The van der Waals surface area contributed by atoms with E-state index < -0.39 is 0 Å². The van der Waals surface area contributed by atoms with Crippen molar-refractivity contribution in [2.45, 2.75) is 26.7 Å². The summed E-state index contributed by atoms with van der Waals surface area (Å²) in [5, 5.41) is 0. The molecular weight excluding hydrogens is 200 g/mol. The number of rotatable bonds is 4. The SMILES string of the molecule is CN=C(N)COc1cc(C)ccc1C(C)C. The Kier molecular flexibility index (Phi) is 4.35. The molecular formula is C13H20N2O. The lowest BCUT2D eigenvalue weighted by Gasteiger charge is -2.14. The van der Waals surface area contributed by atoms with Crippen molar-refractivity contribution in [3.8, 4) is 5.75 Å². The molecule has 1 rings (SSSR count). The van der Waals surface area contributed by atoms with Gasteiger partial charge in [0.2, 0.25) is 0 Å². The van der Waals surface area contributed by atoms with Gasteiger partial charge in [-0.2, -0.15) is 0 Å². The zero-order valence-corrected chi connectivity index (χ0v) is 10.4. The summed E-state index contributed by atoms with van der Waals surface area (Å²) in [6.07, 6.45) is 0. The minimum Gasteiger partial charge on any atom is -0.485 e. The van der Waals surface area contributed by atoms with E-state index in [1.165, 1.54) is 11.1 Å². The first-order chi connectivity index (χ1) is 7.54. The van der Waals surface area contributed by atoms with Gasteiger partial charge < -0.3 is 10.5 Å². The van der Waals surface area contributed by atoms with E-state index in [1.807, 2.05) is 13.0 Å². The highest BCUT2D eigenvalue weighted by molar-refractivity contribution is 5.81. The molecule has 0 spiro atoms. The van der Waals surface area contributed by atoms with E-state index in [9.17, 15) is 0 Å². The maximum atomic E-state index is 5.68. The van der Waals surface area contributed by atoms with Gasteiger partial charge in [0, 0.05) is 7.05 Å². The predicted molar refractivity (Wildman–Crippen MR) is 68.3 cm³/mol. The molecule has 0 aliphatic carbocycles. The number of hydrogen-bond donors (Lipinski definition) is 1. The van der Waals surface area contributed by atoms with Crippen molar-refractivity contribution in [2.75, 3.05) is 13.7 Å². The Morgan fingerprint density at radius 3 is 2.69 bits per heavy atom.